The Morgan fingerprint density at radius 1 is 0.743 bits per heavy atom. The summed E-state index contributed by atoms with van der Waals surface area (Å²) >= 11 is 0. The van der Waals surface area contributed by atoms with Gasteiger partial charge in [0, 0.05) is 71.1 Å². The molecule has 2 aliphatic heterocycles. The van der Waals surface area contributed by atoms with Gasteiger partial charge in [-0.1, -0.05) is 52.0 Å². The van der Waals surface area contributed by atoms with E-state index in [0.717, 1.165) is 51.7 Å². The Morgan fingerprint density at radius 3 is 1.71 bits per heavy atom. The first-order chi connectivity index (χ1) is 16.9. The van der Waals surface area contributed by atoms with Gasteiger partial charge in [0.2, 0.25) is 0 Å². The van der Waals surface area contributed by atoms with Gasteiger partial charge in [0.25, 0.3) is 0 Å². The predicted octanol–water partition coefficient (Wildman–Crippen LogP) is 5.62. The highest BCUT2D eigenvalue weighted by Gasteiger charge is 2.20. The average molecular weight is 480 g/mol. The van der Waals surface area contributed by atoms with Crippen LogP contribution in [0.15, 0.2) is 48.5 Å². The maximum Gasteiger partial charge on any atom is 0.190 e. The van der Waals surface area contributed by atoms with E-state index < -0.39 is 0 Å². The summed E-state index contributed by atoms with van der Waals surface area (Å²) in [6.45, 7) is 26.6. The van der Waals surface area contributed by atoms with Crippen LogP contribution in [0.25, 0.3) is 4.85 Å². The first kappa shape index (κ1) is 27.0. The molecule has 2 aliphatic rings. The number of para-hydroxylation sites is 1. The molecule has 0 unspecified atom stereocenters. The summed E-state index contributed by atoms with van der Waals surface area (Å²) in [6.07, 6.45) is 0. The van der Waals surface area contributed by atoms with Gasteiger partial charge < -0.3 is 9.80 Å². The van der Waals surface area contributed by atoms with Crippen LogP contribution in [0.2, 0.25) is 0 Å². The summed E-state index contributed by atoms with van der Waals surface area (Å²) in [6, 6.07) is 15.5. The van der Waals surface area contributed by atoms with Crippen LogP contribution in [0.4, 0.5) is 21.5 Å². The third-order valence-electron chi connectivity index (χ3n) is 6.51. The zero-order chi connectivity index (χ0) is 25.2. The number of benzene rings is 2. The number of rotatable bonds is 6. The monoisotopic (exact) mass is 479 g/mol. The molecule has 6 heteroatoms. The molecule has 0 N–H and O–H groups in total. The Kier molecular flexibility index (Phi) is 10.4. The van der Waals surface area contributed by atoms with Gasteiger partial charge in [-0.05, 0) is 36.1 Å². The highest BCUT2D eigenvalue weighted by atomic mass is 19.1. The molecular formula is C29H42FN5. The van der Waals surface area contributed by atoms with Crippen molar-refractivity contribution in [1.29, 1.82) is 0 Å². The molecule has 4 rings (SSSR count). The van der Waals surface area contributed by atoms with Crippen LogP contribution >= 0.6 is 0 Å². The fourth-order valence-corrected chi connectivity index (χ4v) is 4.85. The lowest BCUT2D eigenvalue weighted by Crippen LogP contribution is -2.47. The molecule has 0 amide bonds. The quantitative estimate of drug-likeness (QED) is 0.500. The molecular weight excluding hydrogens is 437 g/mol. The van der Waals surface area contributed by atoms with E-state index in [-0.39, 0.29) is 5.82 Å². The summed E-state index contributed by atoms with van der Waals surface area (Å²) in [7, 11) is 0. The molecule has 0 radical (unpaired) electrons. The van der Waals surface area contributed by atoms with Crippen LogP contribution in [-0.2, 0) is 0 Å². The molecule has 0 bridgehead atoms. The highest BCUT2D eigenvalue weighted by molar-refractivity contribution is 5.57. The van der Waals surface area contributed by atoms with Gasteiger partial charge in [0.15, 0.2) is 5.69 Å². The van der Waals surface area contributed by atoms with Crippen molar-refractivity contribution < 1.29 is 4.39 Å². The molecule has 0 saturated carbocycles. The smallest absolute Gasteiger partial charge is 0.190 e. The van der Waals surface area contributed by atoms with Crippen LogP contribution in [0, 0.1) is 24.2 Å². The topological polar surface area (TPSA) is 17.3 Å². The Hall–Kier alpha value is -2.62. The summed E-state index contributed by atoms with van der Waals surface area (Å²) in [4.78, 5) is 12.8. The van der Waals surface area contributed by atoms with Crippen LogP contribution in [0.5, 0.6) is 0 Å². The molecule has 2 fully saturated rings. The maximum absolute atomic E-state index is 13.9. The molecule has 2 aromatic carbocycles. The van der Waals surface area contributed by atoms with Crippen molar-refractivity contribution in [1.82, 2.24) is 9.80 Å². The fourth-order valence-electron chi connectivity index (χ4n) is 4.85. The van der Waals surface area contributed by atoms with E-state index in [4.69, 9.17) is 6.57 Å². The summed E-state index contributed by atoms with van der Waals surface area (Å²) in [5, 5.41) is 0. The molecule has 5 nitrogen and oxygen atoms in total. The second kappa shape index (κ2) is 13.5. The minimum Gasteiger partial charge on any atom is -0.369 e. The molecule has 0 atom stereocenters. The standard InChI is InChI=1S/C15H20FN3.C14H22N2/c1-12(2)11-18-6-8-19(9-7-18)15-5-4-13(17-3)10-14(15)16;1-13(2)12-15-8-10-16(11-9-15)14-6-4-3-5-7-14/h4-5,10,12H,6-9,11H2,1-2H3;3-7,13H,8-12H2,1-2H3. The van der Waals surface area contributed by atoms with E-state index in [0.29, 0.717) is 17.3 Å². The van der Waals surface area contributed by atoms with Gasteiger partial charge in [-0.15, -0.1) is 0 Å². The van der Waals surface area contributed by atoms with Crippen LogP contribution in [-0.4, -0.2) is 75.2 Å². The van der Waals surface area contributed by atoms with E-state index in [2.05, 4.69) is 82.5 Å². The Labute approximate surface area is 211 Å². The summed E-state index contributed by atoms with van der Waals surface area (Å²) in [5.41, 5.74) is 2.35. The zero-order valence-electron chi connectivity index (χ0n) is 22.0. The molecule has 0 spiro atoms. The lowest BCUT2D eigenvalue weighted by molar-refractivity contribution is 0.231. The normalized spacial score (nSPS) is 17.3. The zero-order valence-corrected chi connectivity index (χ0v) is 22.0. The molecule has 0 aromatic heterocycles. The number of nitrogens with zero attached hydrogens (tertiary/aromatic N) is 5. The van der Waals surface area contributed by atoms with E-state index in [1.54, 1.807) is 12.1 Å². The number of hydrogen-bond acceptors (Lipinski definition) is 4. The van der Waals surface area contributed by atoms with E-state index in [9.17, 15) is 4.39 Å². The second-order valence-corrected chi connectivity index (χ2v) is 10.4. The fraction of sp³-hybridized carbons (Fsp3) is 0.552. The molecule has 2 heterocycles. The van der Waals surface area contributed by atoms with Gasteiger partial charge in [-0.3, -0.25) is 9.80 Å². The second-order valence-electron chi connectivity index (χ2n) is 10.4. The van der Waals surface area contributed by atoms with Crippen molar-refractivity contribution in [3.8, 4) is 0 Å². The first-order valence-corrected chi connectivity index (χ1v) is 13.0. The first-order valence-electron chi connectivity index (χ1n) is 13.0. The van der Waals surface area contributed by atoms with Crippen molar-refractivity contribution in [3.63, 3.8) is 0 Å². The van der Waals surface area contributed by atoms with Crippen molar-refractivity contribution in [3.05, 3.63) is 65.8 Å². The Bertz CT molecular complexity index is 924. The van der Waals surface area contributed by atoms with Crippen LogP contribution in [0.1, 0.15) is 27.7 Å². The average Bonchev–Trinajstić information content (AvgIpc) is 2.85. The van der Waals surface area contributed by atoms with Crippen LogP contribution < -0.4 is 9.80 Å². The maximum atomic E-state index is 13.9. The number of halogens is 1. The molecule has 190 valence electrons. The lowest BCUT2D eigenvalue weighted by Gasteiger charge is -2.37. The Morgan fingerprint density at radius 2 is 1.26 bits per heavy atom. The largest absolute Gasteiger partial charge is 0.369 e. The van der Waals surface area contributed by atoms with Crippen LogP contribution in [0.3, 0.4) is 0 Å². The minimum absolute atomic E-state index is 0.286. The summed E-state index contributed by atoms with van der Waals surface area (Å²) in [5.74, 6) is 1.16. The molecule has 2 aromatic rings. The van der Waals surface area contributed by atoms with Gasteiger partial charge in [0.1, 0.15) is 5.82 Å². The van der Waals surface area contributed by atoms with Crippen molar-refractivity contribution >= 4 is 17.1 Å². The summed E-state index contributed by atoms with van der Waals surface area (Å²) < 4.78 is 13.9. The molecule has 2 saturated heterocycles. The van der Waals surface area contributed by atoms with Crippen molar-refractivity contribution in [2.75, 3.05) is 75.2 Å². The predicted molar refractivity (Wildman–Crippen MR) is 146 cm³/mol. The van der Waals surface area contributed by atoms with Gasteiger partial charge >= 0.3 is 0 Å². The van der Waals surface area contributed by atoms with E-state index >= 15 is 0 Å². The van der Waals surface area contributed by atoms with Gasteiger partial charge in [0.05, 0.1) is 12.3 Å². The lowest BCUT2D eigenvalue weighted by atomic mass is 10.1. The number of piperazine rings is 2. The minimum atomic E-state index is -0.286. The van der Waals surface area contributed by atoms with E-state index in [1.807, 2.05) is 0 Å². The van der Waals surface area contributed by atoms with Gasteiger partial charge in [-0.2, -0.15) is 0 Å². The van der Waals surface area contributed by atoms with Crippen molar-refractivity contribution in [2.24, 2.45) is 11.8 Å². The third-order valence-corrected chi connectivity index (χ3v) is 6.51. The van der Waals surface area contributed by atoms with Gasteiger partial charge in [-0.25, -0.2) is 9.24 Å². The van der Waals surface area contributed by atoms with Crippen molar-refractivity contribution in [2.45, 2.75) is 27.7 Å². The third kappa shape index (κ3) is 8.52. The number of hydrogen-bond donors (Lipinski definition) is 0. The molecule has 0 aliphatic carbocycles. The highest BCUT2D eigenvalue weighted by Crippen LogP contribution is 2.25. The Balaban J connectivity index is 0.000000198. The number of anilines is 2. The van der Waals surface area contributed by atoms with E-state index in [1.165, 1.54) is 31.4 Å². The molecule has 35 heavy (non-hydrogen) atoms. The SMILES string of the molecule is CC(C)CN1CCN(c2ccccc2)CC1.[C-]#[N+]c1ccc(N2CCN(CC(C)C)CC2)c(F)c1.